The van der Waals surface area contributed by atoms with Crippen molar-refractivity contribution in [1.82, 2.24) is 4.98 Å². The standard InChI is InChI=1S/C19H13F6NO/c1-27-16-4-2-11(3-5-16)17-8-13(10-26-17)12-6-14(18(20,21)22)9-15(7-12)19(23,24)25/h2-10,26H,1H3. The van der Waals surface area contributed by atoms with E-state index in [1.807, 2.05) is 0 Å². The average Bonchev–Trinajstić information content (AvgIpc) is 3.10. The molecule has 0 unspecified atom stereocenters. The Kier molecular flexibility index (Phi) is 4.67. The number of methoxy groups -OCH3 is 1. The Morgan fingerprint density at radius 3 is 1.74 bits per heavy atom. The second-order valence-corrected chi connectivity index (χ2v) is 5.83. The number of halogens is 6. The number of H-pyrrole nitrogens is 1. The van der Waals surface area contributed by atoms with Gasteiger partial charge in [-0.15, -0.1) is 0 Å². The van der Waals surface area contributed by atoms with Gasteiger partial charge in [0, 0.05) is 11.9 Å². The summed E-state index contributed by atoms with van der Waals surface area (Å²) in [7, 11) is 1.51. The van der Waals surface area contributed by atoms with Gasteiger partial charge in [-0.3, -0.25) is 0 Å². The monoisotopic (exact) mass is 385 g/mol. The highest BCUT2D eigenvalue weighted by Gasteiger charge is 2.37. The Hall–Kier alpha value is -2.90. The molecule has 0 aliphatic heterocycles. The van der Waals surface area contributed by atoms with Gasteiger partial charge in [0.2, 0.25) is 0 Å². The number of alkyl halides is 6. The second-order valence-electron chi connectivity index (χ2n) is 5.83. The third-order valence-electron chi connectivity index (χ3n) is 4.01. The van der Waals surface area contributed by atoms with Crippen molar-refractivity contribution >= 4 is 0 Å². The van der Waals surface area contributed by atoms with Gasteiger partial charge in [-0.2, -0.15) is 26.3 Å². The molecular formula is C19H13F6NO. The van der Waals surface area contributed by atoms with Crippen LogP contribution in [0.1, 0.15) is 11.1 Å². The molecule has 1 aromatic heterocycles. The molecule has 3 aromatic rings. The van der Waals surface area contributed by atoms with Gasteiger partial charge in [0.05, 0.1) is 18.2 Å². The molecule has 0 saturated carbocycles. The van der Waals surface area contributed by atoms with Crippen molar-refractivity contribution in [2.24, 2.45) is 0 Å². The fourth-order valence-electron chi connectivity index (χ4n) is 2.62. The van der Waals surface area contributed by atoms with Gasteiger partial charge in [-0.25, -0.2) is 0 Å². The Morgan fingerprint density at radius 1 is 0.704 bits per heavy atom. The Morgan fingerprint density at radius 2 is 1.26 bits per heavy atom. The van der Waals surface area contributed by atoms with Crippen molar-refractivity contribution in [2.75, 3.05) is 7.11 Å². The number of rotatable bonds is 3. The molecule has 0 bridgehead atoms. The Labute approximate surface area is 150 Å². The second kappa shape index (κ2) is 6.68. The predicted molar refractivity (Wildman–Crippen MR) is 88.2 cm³/mol. The maximum absolute atomic E-state index is 13.0. The predicted octanol–water partition coefficient (Wildman–Crippen LogP) is 6.39. The van der Waals surface area contributed by atoms with Crippen LogP contribution in [0, 0.1) is 0 Å². The molecule has 0 radical (unpaired) electrons. The molecule has 142 valence electrons. The van der Waals surface area contributed by atoms with Crippen LogP contribution in [0.15, 0.2) is 54.7 Å². The number of benzene rings is 2. The first-order chi connectivity index (χ1) is 12.6. The molecule has 8 heteroatoms. The summed E-state index contributed by atoms with van der Waals surface area (Å²) in [6.45, 7) is 0. The van der Waals surface area contributed by atoms with E-state index in [-0.39, 0.29) is 17.2 Å². The Balaban J connectivity index is 2.04. The molecule has 0 atom stereocenters. The fraction of sp³-hybridized carbons (Fsp3) is 0.158. The van der Waals surface area contributed by atoms with Crippen molar-refractivity contribution in [2.45, 2.75) is 12.4 Å². The van der Waals surface area contributed by atoms with Crippen molar-refractivity contribution < 1.29 is 31.1 Å². The molecule has 3 rings (SSSR count). The normalized spacial score (nSPS) is 12.3. The molecule has 27 heavy (non-hydrogen) atoms. The third-order valence-corrected chi connectivity index (χ3v) is 4.01. The number of nitrogens with one attached hydrogen (secondary N) is 1. The number of hydrogen-bond acceptors (Lipinski definition) is 1. The fourth-order valence-corrected chi connectivity index (χ4v) is 2.62. The van der Waals surface area contributed by atoms with Crippen molar-refractivity contribution in [3.63, 3.8) is 0 Å². The smallest absolute Gasteiger partial charge is 0.416 e. The highest BCUT2D eigenvalue weighted by atomic mass is 19.4. The summed E-state index contributed by atoms with van der Waals surface area (Å²) in [6.07, 6.45) is -8.40. The minimum Gasteiger partial charge on any atom is -0.497 e. The molecule has 0 saturated heterocycles. The molecule has 1 N–H and O–H groups in total. The largest absolute Gasteiger partial charge is 0.497 e. The maximum Gasteiger partial charge on any atom is 0.416 e. The lowest BCUT2D eigenvalue weighted by Gasteiger charge is -2.13. The highest BCUT2D eigenvalue weighted by molar-refractivity contribution is 5.72. The van der Waals surface area contributed by atoms with E-state index in [0.717, 1.165) is 0 Å². The van der Waals surface area contributed by atoms with E-state index >= 15 is 0 Å². The number of hydrogen-bond donors (Lipinski definition) is 1. The van der Waals surface area contributed by atoms with Crippen LogP contribution in [0.25, 0.3) is 22.4 Å². The van der Waals surface area contributed by atoms with Gasteiger partial charge in [0.15, 0.2) is 0 Å². The average molecular weight is 385 g/mol. The summed E-state index contributed by atoms with van der Waals surface area (Å²) in [5.41, 5.74) is -1.38. The van der Waals surface area contributed by atoms with Gasteiger partial charge >= 0.3 is 12.4 Å². The first kappa shape index (κ1) is 18.9. The van der Waals surface area contributed by atoms with E-state index < -0.39 is 23.5 Å². The summed E-state index contributed by atoms with van der Waals surface area (Å²) >= 11 is 0. The summed E-state index contributed by atoms with van der Waals surface area (Å²) in [4.78, 5) is 2.87. The minimum absolute atomic E-state index is 0.112. The molecular weight excluding hydrogens is 372 g/mol. The van der Waals surface area contributed by atoms with Crippen LogP contribution in [0.4, 0.5) is 26.3 Å². The highest BCUT2D eigenvalue weighted by Crippen LogP contribution is 2.39. The van der Waals surface area contributed by atoms with Gasteiger partial charge in [0.25, 0.3) is 0 Å². The van der Waals surface area contributed by atoms with Crippen LogP contribution < -0.4 is 4.74 Å². The SMILES string of the molecule is COc1ccc(-c2cc(-c3cc(C(F)(F)F)cc(C(F)(F)F)c3)c[nH]2)cc1. The molecule has 1 heterocycles. The van der Waals surface area contributed by atoms with Gasteiger partial charge < -0.3 is 9.72 Å². The van der Waals surface area contributed by atoms with Crippen LogP contribution in [-0.2, 0) is 12.4 Å². The lowest BCUT2D eigenvalue weighted by molar-refractivity contribution is -0.143. The topological polar surface area (TPSA) is 25.0 Å². The van der Waals surface area contributed by atoms with E-state index in [2.05, 4.69) is 4.98 Å². The lowest BCUT2D eigenvalue weighted by Crippen LogP contribution is -2.11. The zero-order chi connectivity index (χ0) is 19.8. The van der Waals surface area contributed by atoms with Crippen LogP contribution in [-0.4, -0.2) is 12.1 Å². The van der Waals surface area contributed by atoms with Crippen molar-refractivity contribution in [3.05, 3.63) is 65.9 Å². The molecule has 0 aliphatic rings. The first-order valence-electron chi connectivity index (χ1n) is 7.70. The molecule has 0 fully saturated rings. The van der Waals surface area contributed by atoms with Gasteiger partial charge in [-0.1, -0.05) is 0 Å². The zero-order valence-electron chi connectivity index (χ0n) is 13.9. The molecule has 0 spiro atoms. The van der Waals surface area contributed by atoms with E-state index in [4.69, 9.17) is 4.74 Å². The van der Waals surface area contributed by atoms with Crippen LogP contribution in [0.3, 0.4) is 0 Å². The van der Waals surface area contributed by atoms with E-state index in [9.17, 15) is 26.3 Å². The lowest BCUT2D eigenvalue weighted by atomic mass is 10.0. The summed E-state index contributed by atoms with van der Waals surface area (Å²) in [5.74, 6) is 0.623. The van der Waals surface area contributed by atoms with E-state index in [0.29, 0.717) is 29.1 Å². The van der Waals surface area contributed by atoms with E-state index in [1.54, 1.807) is 24.3 Å². The third kappa shape index (κ3) is 4.10. The number of aromatic nitrogens is 1. The minimum atomic E-state index is -4.88. The summed E-state index contributed by atoms with van der Waals surface area (Å²) < 4.78 is 83.1. The maximum atomic E-state index is 13.0. The number of ether oxygens (including phenoxy) is 1. The molecule has 2 nitrogen and oxygen atoms in total. The van der Waals surface area contributed by atoms with Gasteiger partial charge in [-0.05, 0) is 65.2 Å². The van der Waals surface area contributed by atoms with Crippen LogP contribution in [0.2, 0.25) is 0 Å². The Bertz CT molecular complexity index is 906. The van der Waals surface area contributed by atoms with Crippen LogP contribution >= 0.6 is 0 Å². The van der Waals surface area contributed by atoms with Gasteiger partial charge in [0.1, 0.15) is 5.75 Å². The van der Waals surface area contributed by atoms with Crippen molar-refractivity contribution in [3.8, 4) is 28.1 Å². The van der Waals surface area contributed by atoms with Crippen molar-refractivity contribution in [1.29, 1.82) is 0 Å². The first-order valence-corrected chi connectivity index (χ1v) is 7.70. The molecule has 0 aliphatic carbocycles. The zero-order valence-corrected chi connectivity index (χ0v) is 13.9. The quantitative estimate of drug-likeness (QED) is 0.519. The van der Waals surface area contributed by atoms with E-state index in [1.165, 1.54) is 19.4 Å². The molecule has 2 aromatic carbocycles. The molecule has 0 amide bonds. The number of aromatic amines is 1. The summed E-state index contributed by atoms with van der Waals surface area (Å²) in [6, 6.07) is 9.86. The summed E-state index contributed by atoms with van der Waals surface area (Å²) in [5, 5.41) is 0. The van der Waals surface area contributed by atoms with Crippen LogP contribution in [0.5, 0.6) is 5.75 Å².